The Kier molecular flexibility index (Phi) is 10.9. The molecular formula is C35H41N7O4S. The Morgan fingerprint density at radius 1 is 0.851 bits per heavy atom. The number of nitrogens with one attached hydrogen (secondary N) is 3. The SMILES string of the molecule is CCCN(Cc1ccccc1)c1cc(NC(=O)Nc2ccc(C)cc2)cc(-c2ccccc2C(=O)NS(=O)(=O)N2CCN(C)CC2)n1. The van der Waals surface area contributed by atoms with Gasteiger partial charge in [0.05, 0.1) is 5.69 Å². The van der Waals surface area contributed by atoms with Crippen LogP contribution in [0.1, 0.15) is 34.8 Å². The van der Waals surface area contributed by atoms with Crippen LogP contribution >= 0.6 is 0 Å². The van der Waals surface area contributed by atoms with Crippen molar-refractivity contribution in [3.8, 4) is 11.3 Å². The monoisotopic (exact) mass is 655 g/mol. The molecule has 11 nitrogen and oxygen atoms in total. The Morgan fingerprint density at radius 2 is 1.51 bits per heavy atom. The van der Waals surface area contributed by atoms with Crippen molar-refractivity contribution in [3.05, 3.63) is 108 Å². The minimum Gasteiger partial charge on any atom is -0.352 e. The molecule has 1 fully saturated rings. The molecule has 3 aromatic carbocycles. The van der Waals surface area contributed by atoms with E-state index in [9.17, 15) is 18.0 Å². The van der Waals surface area contributed by atoms with Crippen LogP contribution in [0.4, 0.5) is 22.0 Å². The molecule has 0 spiro atoms. The van der Waals surface area contributed by atoms with Crippen LogP contribution in [0, 0.1) is 6.92 Å². The maximum absolute atomic E-state index is 13.6. The van der Waals surface area contributed by atoms with Gasteiger partial charge in [-0.25, -0.2) is 14.5 Å². The molecule has 0 radical (unpaired) electrons. The van der Waals surface area contributed by atoms with Crippen molar-refractivity contribution in [3.63, 3.8) is 0 Å². The number of nitrogens with zero attached hydrogens (tertiary/aromatic N) is 4. The van der Waals surface area contributed by atoms with E-state index in [0.717, 1.165) is 17.5 Å². The van der Waals surface area contributed by atoms with E-state index in [1.165, 1.54) is 4.31 Å². The third kappa shape index (κ3) is 8.94. The number of amides is 3. The van der Waals surface area contributed by atoms with Crippen molar-refractivity contribution < 1.29 is 18.0 Å². The number of aryl methyl sites for hydroxylation is 1. The first-order chi connectivity index (χ1) is 22.6. The average molecular weight is 656 g/mol. The summed E-state index contributed by atoms with van der Waals surface area (Å²) in [6.07, 6.45) is 0.846. The van der Waals surface area contributed by atoms with Gasteiger partial charge in [0.2, 0.25) is 0 Å². The number of likely N-dealkylation sites (N-methyl/N-ethyl adjacent to an activating group) is 1. The van der Waals surface area contributed by atoms with Crippen molar-refractivity contribution in [2.45, 2.75) is 26.8 Å². The predicted octanol–water partition coefficient (Wildman–Crippen LogP) is 5.34. The maximum Gasteiger partial charge on any atom is 0.323 e. The van der Waals surface area contributed by atoms with Crippen LogP contribution in [-0.2, 0) is 16.8 Å². The molecule has 1 aliphatic heterocycles. The molecule has 1 saturated heterocycles. The molecule has 0 unspecified atom stereocenters. The van der Waals surface area contributed by atoms with Crippen LogP contribution in [0.5, 0.6) is 0 Å². The third-order valence-electron chi connectivity index (χ3n) is 7.88. The molecule has 246 valence electrons. The van der Waals surface area contributed by atoms with E-state index in [-0.39, 0.29) is 5.56 Å². The van der Waals surface area contributed by atoms with Crippen LogP contribution in [0.25, 0.3) is 11.3 Å². The Hall–Kier alpha value is -4.78. The predicted molar refractivity (Wildman–Crippen MR) is 187 cm³/mol. The number of aromatic nitrogens is 1. The Morgan fingerprint density at radius 3 is 2.21 bits per heavy atom. The second-order valence-corrected chi connectivity index (χ2v) is 13.3. The number of carbonyl (C=O) groups excluding carboxylic acids is 2. The number of benzene rings is 3. The molecule has 0 atom stereocenters. The molecule has 3 N–H and O–H groups in total. The van der Waals surface area contributed by atoms with Gasteiger partial charge in [-0.15, -0.1) is 0 Å². The largest absolute Gasteiger partial charge is 0.352 e. The van der Waals surface area contributed by atoms with E-state index < -0.39 is 22.1 Å². The van der Waals surface area contributed by atoms with Crippen molar-refractivity contribution in [2.75, 3.05) is 55.3 Å². The molecule has 0 aliphatic carbocycles. The lowest BCUT2D eigenvalue weighted by atomic mass is 10.0. The topological polar surface area (TPSA) is 127 Å². The molecule has 3 amide bonds. The first-order valence-electron chi connectivity index (χ1n) is 15.7. The van der Waals surface area contributed by atoms with Crippen molar-refractivity contribution >= 4 is 39.3 Å². The summed E-state index contributed by atoms with van der Waals surface area (Å²) >= 11 is 0. The second kappa shape index (κ2) is 15.2. The van der Waals surface area contributed by atoms with Crippen LogP contribution in [-0.4, -0.2) is 74.3 Å². The highest BCUT2D eigenvalue weighted by Crippen LogP contribution is 2.30. The molecular weight excluding hydrogens is 614 g/mol. The van der Waals surface area contributed by atoms with Crippen LogP contribution in [0.2, 0.25) is 0 Å². The van der Waals surface area contributed by atoms with Crippen molar-refractivity contribution in [2.24, 2.45) is 0 Å². The summed E-state index contributed by atoms with van der Waals surface area (Å²) in [6.45, 7) is 7.05. The number of carbonyl (C=O) groups is 2. The fourth-order valence-electron chi connectivity index (χ4n) is 5.34. The van der Waals surface area contributed by atoms with Gasteiger partial charge < -0.3 is 20.4 Å². The molecule has 4 aromatic rings. The summed E-state index contributed by atoms with van der Waals surface area (Å²) in [5.41, 5.74) is 4.26. The summed E-state index contributed by atoms with van der Waals surface area (Å²) in [6, 6.07) is 27.3. The number of hydrogen-bond donors (Lipinski definition) is 3. The van der Waals surface area contributed by atoms with E-state index in [4.69, 9.17) is 4.98 Å². The van der Waals surface area contributed by atoms with E-state index in [0.29, 0.717) is 67.7 Å². The van der Waals surface area contributed by atoms with Gasteiger partial charge in [0, 0.05) is 67.8 Å². The standard InChI is InChI=1S/C35H41N7O4S/c1-4-18-41(25-27-10-6-5-7-11-27)33-24-29(37-35(44)36-28-16-14-26(2)15-17-28)23-32(38-33)30-12-8-9-13-31(30)34(43)39-47(45,46)42-21-19-40(3)20-22-42/h5-17,23-24H,4,18-22,25H2,1-3H3,(H,39,43)(H2,36,37,38,44). The number of rotatable bonds is 11. The van der Waals surface area contributed by atoms with Gasteiger partial charge in [0.1, 0.15) is 5.82 Å². The van der Waals surface area contributed by atoms with Crippen molar-refractivity contribution in [1.82, 2.24) is 18.9 Å². The molecule has 1 aliphatic rings. The summed E-state index contributed by atoms with van der Waals surface area (Å²) in [4.78, 5) is 35.8. The highest BCUT2D eigenvalue weighted by molar-refractivity contribution is 7.87. The number of hydrogen-bond acceptors (Lipinski definition) is 7. The zero-order chi connectivity index (χ0) is 33.4. The van der Waals surface area contributed by atoms with E-state index in [1.54, 1.807) is 36.4 Å². The number of anilines is 3. The van der Waals surface area contributed by atoms with E-state index in [2.05, 4.69) is 27.2 Å². The smallest absolute Gasteiger partial charge is 0.323 e. The van der Waals surface area contributed by atoms with Gasteiger partial charge >= 0.3 is 16.2 Å². The summed E-state index contributed by atoms with van der Waals surface area (Å²) < 4.78 is 29.9. The summed E-state index contributed by atoms with van der Waals surface area (Å²) in [7, 11) is -2.13. The number of pyridine rings is 1. The highest BCUT2D eigenvalue weighted by Gasteiger charge is 2.28. The maximum atomic E-state index is 13.6. The van der Waals surface area contributed by atoms with Gasteiger partial charge in [0.15, 0.2) is 0 Å². The Bertz CT molecular complexity index is 1790. The van der Waals surface area contributed by atoms with Gasteiger partial charge in [-0.05, 0) is 50.2 Å². The molecule has 12 heteroatoms. The molecule has 0 bridgehead atoms. The minimum atomic E-state index is -4.06. The lowest BCUT2D eigenvalue weighted by molar-refractivity contribution is 0.0978. The average Bonchev–Trinajstić information content (AvgIpc) is 3.06. The minimum absolute atomic E-state index is 0.148. The Balaban J connectivity index is 1.49. The fraction of sp³-hybridized carbons (Fsp3) is 0.286. The Labute approximate surface area is 276 Å². The lowest BCUT2D eigenvalue weighted by Crippen LogP contribution is -2.52. The van der Waals surface area contributed by atoms with Crippen LogP contribution in [0.3, 0.4) is 0 Å². The van der Waals surface area contributed by atoms with Crippen LogP contribution < -0.4 is 20.3 Å². The van der Waals surface area contributed by atoms with Crippen molar-refractivity contribution in [1.29, 1.82) is 0 Å². The number of urea groups is 1. The van der Waals surface area contributed by atoms with Gasteiger partial charge in [-0.2, -0.15) is 12.7 Å². The zero-order valence-electron chi connectivity index (χ0n) is 26.9. The molecule has 2 heterocycles. The normalized spacial score (nSPS) is 13.9. The quantitative estimate of drug-likeness (QED) is 0.199. The van der Waals surface area contributed by atoms with Gasteiger partial charge in [-0.1, -0.05) is 73.2 Å². The lowest BCUT2D eigenvalue weighted by Gasteiger charge is -2.31. The highest BCUT2D eigenvalue weighted by atomic mass is 32.2. The molecule has 47 heavy (non-hydrogen) atoms. The second-order valence-electron chi connectivity index (χ2n) is 11.6. The van der Waals surface area contributed by atoms with E-state index >= 15 is 0 Å². The number of piperazine rings is 1. The van der Waals surface area contributed by atoms with Gasteiger partial charge in [-0.3, -0.25) is 4.79 Å². The molecule has 1 aromatic heterocycles. The van der Waals surface area contributed by atoms with Crippen LogP contribution in [0.15, 0.2) is 91.0 Å². The van der Waals surface area contributed by atoms with Gasteiger partial charge in [0.25, 0.3) is 5.91 Å². The zero-order valence-corrected chi connectivity index (χ0v) is 27.8. The van der Waals surface area contributed by atoms with E-state index in [1.807, 2.05) is 73.5 Å². The fourth-order valence-corrected chi connectivity index (χ4v) is 6.45. The molecule has 0 saturated carbocycles. The summed E-state index contributed by atoms with van der Waals surface area (Å²) in [5, 5.41) is 5.78. The molecule has 5 rings (SSSR count). The first kappa shape index (κ1) is 33.6. The summed E-state index contributed by atoms with van der Waals surface area (Å²) in [5.74, 6) is -0.160. The first-order valence-corrected chi connectivity index (χ1v) is 17.1. The third-order valence-corrected chi connectivity index (χ3v) is 9.37.